The minimum absolute atomic E-state index is 0.280. The van der Waals surface area contributed by atoms with E-state index in [1.54, 1.807) is 25.3 Å². The Labute approximate surface area is 140 Å². The second kappa shape index (κ2) is 6.46. The van der Waals surface area contributed by atoms with Gasteiger partial charge in [0.15, 0.2) is 10.9 Å². The zero-order valence-electron chi connectivity index (χ0n) is 11.8. The predicted molar refractivity (Wildman–Crippen MR) is 90.5 cm³/mol. The Morgan fingerprint density at radius 3 is 2.73 bits per heavy atom. The highest BCUT2D eigenvalue weighted by Gasteiger charge is 2.12. The fraction of sp³-hybridized carbons (Fsp3) is 0.125. The van der Waals surface area contributed by atoms with E-state index in [0.717, 1.165) is 15.8 Å². The maximum absolute atomic E-state index is 12.0. The summed E-state index contributed by atoms with van der Waals surface area (Å²) in [5.41, 5.74) is 1.20. The fourth-order valence-corrected chi connectivity index (χ4v) is 3.07. The Kier molecular flexibility index (Phi) is 4.40. The molecule has 0 unspecified atom stereocenters. The lowest BCUT2D eigenvalue weighted by Gasteiger charge is -1.99. The summed E-state index contributed by atoms with van der Waals surface area (Å²) >= 11 is 4.89. The molecule has 22 heavy (non-hydrogen) atoms. The van der Waals surface area contributed by atoms with Gasteiger partial charge < -0.3 is 4.42 Å². The Morgan fingerprint density at radius 2 is 2.05 bits per heavy atom. The van der Waals surface area contributed by atoms with E-state index in [0.29, 0.717) is 16.7 Å². The van der Waals surface area contributed by atoms with Gasteiger partial charge in [-0.25, -0.2) is 4.98 Å². The van der Waals surface area contributed by atoms with Crippen LogP contribution in [0.3, 0.4) is 0 Å². The molecule has 3 rings (SSSR count). The number of nitrogens with zero attached hydrogens (tertiary/aromatic N) is 1. The molecule has 4 nitrogen and oxygen atoms in total. The second-order valence-corrected chi connectivity index (χ2v) is 6.83. The van der Waals surface area contributed by atoms with Gasteiger partial charge in [-0.05, 0) is 36.8 Å². The number of carbonyl (C=O) groups excluding carboxylic acids is 1. The maximum atomic E-state index is 12.0. The first-order chi connectivity index (χ1) is 10.6. The molecule has 2 aromatic heterocycles. The van der Waals surface area contributed by atoms with Gasteiger partial charge in [0.05, 0.1) is 0 Å². The number of rotatable bonds is 4. The zero-order valence-corrected chi connectivity index (χ0v) is 14.2. The quantitative estimate of drug-likeness (QED) is 0.720. The molecule has 2 heterocycles. The first kappa shape index (κ1) is 15.0. The highest BCUT2D eigenvalue weighted by Crippen LogP contribution is 2.22. The normalized spacial score (nSPS) is 10.6. The number of thiazole rings is 1. The van der Waals surface area contributed by atoms with E-state index in [1.165, 1.54) is 16.9 Å². The summed E-state index contributed by atoms with van der Waals surface area (Å²) in [5, 5.41) is 3.33. The van der Waals surface area contributed by atoms with E-state index in [1.807, 2.05) is 12.1 Å². The van der Waals surface area contributed by atoms with Crippen LogP contribution in [0, 0.1) is 6.92 Å². The molecule has 0 saturated heterocycles. The first-order valence-corrected chi connectivity index (χ1v) is 8.28. The van der Waals surface area contributed by atoms with Crippen LogP contribution in [-0.2, 0) is 6.42 Å². The molecule has 0 bridgehead atoms. The van der Waals surface area contributed by atoms with Crippen molar-refractivity contribution in [3.05, 3.63) is 69.0 Å². The molecule has 0 spiro atoms. The van der Waals surface area contributed by atoms with Crippen molar-refractivity contribution >= 4 is 38.3 Å². The topological polar surface area (TPSA) is 55.1 Å². The van der Waals surface area contributed by atoms with E-state index >= 15 is 0 Å². The number of carbonyl (C=O) groups is 1. The van der Waals surface area contributed by atoms with Crippen molar-refractivity contribution in [3.63, 3.8) is 0 Å². The molecule has 0 radical (unpaired) electrons. The molecule has 0 fully saturated rings. The average Bonchev–Trinajstić information content (AvgIpc) is 3.11. The van der Waals surface area contributed by atoms with Crippen LogP contribution in [-0.4, -0.2) is 10.9 Å². The van der Waals surface area contributed by atoms with Gasteiger partial charge in [-0.3, -0.25) is 10.1 Å². The van der Waals surface area contributed by atoms with Gasteiger partial charge in [-0.15, -0.1) is 11.3 Å². The van der Waals surface area contributed by atoms with E-state index in [4.69, 9.17) is 4.42 Å². The smallest absolute Gasteiger partial charge is 0.293 e. The molecule has 1 amide bonds. The molecular weight excluding hydrogens is 364 g/mol. The molecule has 1 aromatic carbocycles. The Balaban J connectivity index is 1.66. The number of anilines is 1. The number of aryl methyl sites for hydroxylation is 1. The van der Waals surface area contributed by atoms with Crippen molar-refractivity contribution < 1.29 is 9.21 Å². The monoisotopic (exact) mass is 376 g/mol. The van der Waals surface area contributed by atoms with Crippen molar-refractivity contribution in [2.24, 2.45) is 0 Å². The molecule has 0 aliphatic carbocycles. The van der Waals surface area contributed by atoms with Crippen LogP contribution >= 0.6 is 27.3 Å². The lowest BCUT2D eigenvalue weighted by atomic mass is 10.1. The minimum atomic E-state index is -0.280. The average molecular weight is 377 g/mol. The Morgan fingerprint density at radius 1 is 1.27 bits per heavy atom. The van der Waals surface area contributed by atoms with E-state index in [-0.39, 0.29) is 5.91 Å². The SMILES string of the molecule is Cc1ccc(C(=O)Nc2ncc(Cc3ccc(Br)cc3)s2)o1. The molecule has 0 saturated carbocycles. The number of aromatic nitrogens is 1. The maximum Gasteiger partial charge on any atom is 0.293 e. The number of benzene rings is 1. The summed E-state index contributed by atoms with van der Waals surface area (Å²) in [6, 6.07) is 11.6. The van der Waals surface area contributed by atoms with E-state index in [2.05, 4.69) is 38.4 Å². The van der Waals surface area contributed by atoms with Crippen molar-refractivity contribution in [2.45, 2.75) is 13.3 Å². The van der Waals surface area contributed by atoms with Crippen molar-refractivity contribution in [2.75, 3.05) is 5.32 Å². The third-order valence-corrected chi connectivity index (χ3v) is 4.47. The Hall–Kier alpha value is -1.92. The van der Waals surface area contributed by atoms with Crippen LogP contribution in [0.5, 0.6) is 0 Å². The molecule has 6 heteroatoms. The van der Waals surface area contributed by atoms with Gasteiger partial charge in [0.2, 0.25) is 0 Å². The van der Waals surface area contributed by atoms with Crippen LogP contribution in [0.1, 0.15) is 26.8 Å². The van der Waals surface area contributed by atoms with Gasteiger partial charge >= 0.3 is 0 Å². The lowest BCUT2D eigenvalue weighted by molar-refractivity contribution is 0.0995. The number of hydrogen-bond donors (Lipinski definition) is 1. The highest BCUT2D eigenvalue weighted by molar-refractivity contribution is 9.10. The van der Waals surface area contributed by atoms with Crippen molar-refractivity contribution in [1.82, 2.24) is 4.98 Å². The molecule has 112 valence electrons. The van der Waals surface area contributed by atoms with Crippen LogP contribution in [0.15, 0.2) is 51.5 Å². The molecular formula is C16H13BrN2O2S. The van der Waals surface area contributed by atoms with Crippen LogP contribution < -0.4 is 5.32 Å². The second-order valence-electron chi connectivity index (χ2n) is 4.80. The molecule has 0 aliphatic rings. The fourth-order valence-electron chi connectivity index (χ4n) is 1.97. The molecule has 1 N–H and O–H groups in total. The summed E-state index contributed by atoms with van der Waals surface area (Å²) in [7, 11) is 0. The molecule has 0 atom stereocenters. The molecule has 0 aliphatic heterocycles. The van der Waals surface area contributed by atoms with Gasteiger partial charge in [0.1, 0.15) is 5.76 Å². The third kappa shape index (κ3) is 3.64. The third-order valence-electron chi connectivity index (χ3n) is 3.03. The van der Waals surface area contributed by atoms with Crippen LogP contribution in [0.25, 0.3) is 0 Å². The standard InChI is InChI=1S/C16H13BrN2O2S/c1-10-2-7-14(21-10)15(20)19-16-18-9-13(22-16)8-11-3-5-12(17)6-4-11/h2-7,9H,8H2,1H3,(H,18,19,20). The molecule has 3 aromatic rings. The van der Waals surface area contributed by atoms with E-state index in [9.17, 15) is 4.79 Å². The Bertz CT molecular complexity index is 793. The van der Waals surface area contributed by atoms with Crippen LogP contribution in [0.4, 0.5) is 5.13 Å². The summed E-state index contributed by atoms with van der Waals surface area (Å²) in [6.07, 6.45) is 2.58. The minimum Gasteiger partial charge on any atom is -0.456 e. The van der Waals surface area contributed by atoms with Crippen molar-refractivity contribution in [3.8, 4) is 0 Å². The van der Waals surface area contributed by atoms with Gasteiger partial charge in [0.25, 0.3) is 5.91 Å². The van der Waals surface area contributed by atoms with Gasteiger partial charge in [0, 0.05) is 22.0 Å². The first-order valence-electron chi connectivity index (χ1n) is 6.67. The number of amides is 1. The lowest BCUT2D eigenvalue weighted by Crippen LogP contribution is -2.10. The number of hydrogen-bond acceptors (Lipinski definition) is 4. The number of nitrogens with one attached hydrogen (secondary N) is 1. The largest absolute Gasteiger partial charge is 0.456 e. The van der Waals surface area contributed by atoms with Crippen molar-refractivity contribution in [1.29, 1.82) is 0 Å². The summed E-state index contributed by atoms with van der Waals surface area (Å²) < 4.78 is 6.35. The van der Waals surface area contributed by atoms with Gasteiger partial charge in [-0.1, -0.05) is 28.1 Å². The number of furan rings is 1. The van der Waals surface area contributed by atoms with E-state index < -0.39 is 0 Å². The highest BCUT2D eigenvalue weighted by atomic mass is 79.9. The zero-order chi connectivity index (χ0) is 15.5. The van der Waals surface area contributed by atoms with Gasteiger partial charge in [-0.2, -0.15) is 0 Å². The number of halogens is 1. The predicted octanol–water partition coefficient (Wildman–Crippen LogP) is 4.65. The summed E-state index contributed by atoms with van der Waals surface area (Å²) in [5.74, 6) is 0.722. The summed E-state index contributed by atoms with van der Waals surface area (Å²) in [4.78, 5) is 17.3. The summed E-state index contributed by atoms with van der Waals surface area (Å²) in [6.45, 7) is 1.80. The van der Waals surface area contributed by atoms with Crippen LogP contribution in [0.2, 0.25) is 0 Å².